The van der Waals surface area contributed by atoms with E-state index in [1.54, 1.807) is 41.3 Å². The highest BCUT2D eigenvalue weighted by Gasteiger charge is 2.24. The van der Waals surface area contributed by atoms with E-state index >= 15 is 0 Å². The lowest BCUT2D eigenvalue weighted by Crippen LogP contribution is -2.36. The highest BCUT2D eigenvalue weighted by atomic mass is 35.5. The zero-order valence-electron chi connectivity index (χ0n) is 13.6. The first kappa shape index (κ1) is 19.0. The lowest BCUT2D eigenvalue weighted by molar-refractivity contribution is -0.128. The molecule has 0 bridgehead atoms. The monoisotopic (exact) mass is 412 g/mol. The van der Waals surface area contributed by atoms with Crippen molar-refractivity contribution in [3.63, 3.8) is 0 Å². The number of ether oxygens (including phenoxy) is 1. The van der Waals surface area contributed by atoms with Crippen molar-refractivity contribution in [2.24, 2.45) is 4.99 Å². The third-order valence-electron chi connectivity index (χ3n) is 3.66. The Bertz CT molecular complexity index is 848. The van der Waals surface area contributed by atoms with Crippen molar-refractivity contribution in [3.8, 4) is 5.75 Å². The minimum absolute atomic E-state index is 0.166. The van der Waals surface area contributed by atoms with Crippen molar-refractivity contribution in [1.29, 1.82) is 0 Å². The largest absolute Gasteiger partial charge is 0.482 e. The molecule has 1 aliphatic heterocycles. The first-order chi connectivity index (χ1) is 12.5. The number of thioether (sulfide) groups is 1. The minimum Gasteiger partial charge on any atom is -0.482 e. The summed E-state index contributed by atoms with van der Waals surface area (Å²) < 4.78 is 19.2. The van der Waals surface area contributed by atoms with Crippen molar-refractivity contribution in [2.75, 3.05) is 19.7 Å². The second kappa shape index (κ2) is 8.75. The average molecular weight is 413 g/mol. The Labute approximate surface area is 164 Å². The molecule has 4 nitrogen and oxygen atoms in total. The maximum Gasteiger partial charge on any atom is 0.266 e. The molecule has 0 atom stereocenters. The number of hydrogen-bond acceptors (Lipinski definition) is 4. The fourth-order valence-electron chi connectivity index (χ4n) is 2.35. The average Bonchev–Trinajstić information content (AvgIpc) is 3.09. The number of nitrogens with zero attached hydrogens (tertiary/aromatic N) is 2. The lowest BCUT2D eigenvalue weighted by Gasteiger charge is -2.18. The zero-order chi connectivity index (χ0) is 18.5. The molecule has 8 heteroatoms. The summed E-state index contributed by atoms with van der Waals surface area (Å²) in [6, 6.07) is 11.4. The molecule has 0 fully saturated rings. The quantitative estimate of drug-likeness (QED) is 0.717. The van der Waals surface area contributed by atoms with Gasteiger partial charge in [0.05, 0.1) is 11.6 Å². The van der Waals surface area contributed by atoms with Gasteiger partial charge in [0, 0.05) is 17.3 Å². The molecular weight excluding hydrogens is 398 g/mol. The van der Waals surface area contributed by atoms with Crippen LogP contribution in [-0.2, 0) is 10.5 Å². The van der Waals surface area contributed by atoms with Gasteiger partial charge >= 0.3 is 0 Å². The zero-order valence-corrected chi connectivity index (χ0v) is 16.0. The maximum atomic E-state index is 13.7. The lowest BCUT2D eigenvalue weighted by atomic mass is 10.2. The summed E-state index contributed by atoms with van der Waals surface area (Å²) >= 11 is 13.2. The van der Waals surface area contributed by atoms with Gasteiger partial charge in [-0.1, -0.05) is 53.2 Å². The minimum atomic E-state index is -0.266. The fraction of sp³-hybridized carbons (Fsp3) is 0.222. The van der Waals surface area contributed by atoms with E-state index in [2.05, 4.69) is 4.99 Å². The van der Waals surface area contributed by atoms with Gasteiger partial charge in [-0.3, -0.25) is 14.7 Å². The maximum absolute atomic E-state index is 13.7. The summed E-state index contributed by atoms with van der Waals surface area (Å²) in [5.41, 5.74) is 0.573. The van der Waals surface area contributed by atoms with Gasteiger partial charge in [-0.15, -0.1) is 0 Å². The molecule has 26 heavy (non-hydrogen) atoms. The van der Waals surface area contributed by atoms with Crippen molar-refractivity contribution in [1.82, 2.24) is 4.90 Å². The number of carbonyl (C=O) groups is 1. The third-order valence-corrected chi connectivity index (χ3v) is 5.26. The smallest absolute Gasteiger partial charge is 0.266 e. The van der Waals surface area contributed by atoms with Crippen LogP contribution in [0.4, 0.5) is 4.39 Å². The molecule has 0 aliphatic carbocycles. The number of carbonyl (C=O) groups excluding carboxylic acids is 1. The number of benzene rings is 2. The van der Waals surface area contributed by atoms with Gasteiger partial charge in [-0.25, -0.2) is 4.39 Å². The van der Waals surface area contributed by atoms with Crippen molar-refractivity contribution < 1.29 is 13.9 Å². The number of hydrogen-bond donors (Lipinski definition) is 0. The predicted molar refractivity (Wildman–Crippen MR) is 104 cm³/mol. The van der Waals surface area contributed by atoms with E-state index in [0.29, 0.717) is 45.4 Å². The van der Waals surface area contributed by atoms with Gasteiger partial charge in [0.15, 0.2) is 11.8 Å². The van der Waals surface area contributed by atoms with Crippen molar-refractivity contribution in [2.45, 2.75) is 5.75 Å². The Kier molecular flexibility index (Phi) is 6.40. The first-order valence-corrected chi connectivity index (χ1v) is 9.57. The molecule has 0 saturated carbocycles. The van der Waals surface area contributed by atoms with Crippen molar-refractivity contribution >= 4 is 46.0 Å². The van der Waals surface area contributed by atoms with Crippen LogP contribution in [0.25, 0.3) is 0 Å². The number of aliphatic imine (C=N–C) groups is 1. The van der Waals surface area contributed by atoms with Gasteiger partial charge in [-0.05, 0) is 29.8 Å². The molecule has 0 unspecified atom stereocenters. The van der Waals surface area contributed by atoms with Crippen LogP contribution in [0, 0.1) is 5.82 Å². The Morgan fingerprint density at radius 2 is 2.08 bits per heavy atom. The number of rotatable bonds is 5. The Hall–Kier alpha value is -1.76. The van der Waals surface area contributed by atoms with E-state index in [1.165, 1.54) is 17.8 Å². The Morgan fingerprint density at radius 1 is 1.27 bits per heavy atom. The molecule has 2 aromatic carbocycles. The van der Waals surface area contributed by atoms with E-state index in [9.17, 15) is 9.18 Å². The molecule has 0 N–H and O–H groups in total. The molecule has 1 heterocycles. The van der Waals surface area contributed by atoms with Gasteiger partial charge in [0.25, 0.3) is 5.91 Å². The van der Waals surface area contributed by atoms with Gasteiger partial charge in [-0.2, -0.15) is 0 Å². The van der Waals surface area contributed by atoms with Crippen LogP contribution in [0.3, 0.4) is 0 Å². The topological polar surface area (TPSA) is 41.9 Å². The first-order valence-electron chi connectivity index (χ1n) is 7.83. The predicted octanol–water partition coefficient (Wildman–Crippen LogP) is 4.64. The van der Waals surface area contributed by atoms with Crippen LogP contribution in [0.1, 0.15) is 5.56 Å². The number of amidine groups is 1. The highest BCUT2D eigenvalue weighted by Crippen LogP contribution is 2.28. The number of halogens is 3. The van der Waals surface area contributed by atoms with E-state index < -0.39 is 0 Å². The second-order valence-electron chi connectivity index (χ2n) is 5.45. The van der Waals surface area contributed by atoms with Gasteiger partial charge in [0.1, 0.15) is 11.6 Å². The molecule has 0 radical (unpaired) electrons. The summed E-state index contributed by atoms with van der Waals surface area (Å²) in [5.74, 6) is 0.297. The fourth-order valence-corrected chi connectivity index (χ4v) is 3.86. The molecule has 0 saturated heterocycles. The van der Waals surface area contributed by atoms with Crippen LogP contribution in [-0.4, -0.2) is 35.7 Å². The summed E-state index contributed by atoms with van der Waals surface area (Å²) in [5, 5.41) is 1.41. The molecule has 136 valence electrons. The summed E-state index contributed by atoms with van der Waals surface area (Å²) in [6.07, 6.45) is 0. The van der Waals surface area contributed by atoms with Crippen LogP contribution in [0.2, 0.25) is 10.0 Å². The molecule has 2 aromatic rings. The highest BCUT2D eigenvalue weighted by molar-refractivity contribution is 8.13. The summed E-state index contributed by atoms with van der Waals surface area (Å²) in [7, 11) is 0. The van der Waals surface area contributed by atoms with Crippen LogP contribution >= 0.6 is 35.0 Å². The second-order valence-corrected chi connectivity index (χ2v) is 7.24. The molecule has 0 aromatic heterocycles. The molecule has 3 rings (SSSR count). The van der Waals surface area contributed by atoms with E-state index in [1.807, 2.05) is 0 Å². The summed E-state index contributed by atoms with van der Waals surface area (Å²) in [6.45, 7) is 0.837. The van der Waals surface area contributed by atoms with E-state index in [4.69, 9.17) is 27.9 Å². The van der Waals surface area contributed by atoms with Crippen LogP contribution in [0.15, 0.2) is 47.5 Å². The summed E-state index contributed by atoms with van der Waals surface area (Å²) in [4.78, 5) is 18.3. The molecule has 1 aliphatic rings. The standard InChI is InChI=1S/C18H15Cl2FN2O2S/c19-13-5-6-16(14(20)9-13)25-10-17(24)23-8-7-22-18(23)26-11-12-3-1-2-4-15(12)21/h1-6,9H,7-8,10-11H2. The third kappa shape index (κ3) is 4.69. The molecule has 0 spiro atoms. The Morgan fingerprint density at radius 3 is 2.85 bits per heavy atom. The van der Waals surface area contributed by atoms with Gasteiger partial charge < -0.3 is 4.74 Å². The van der Waals surface area contributed by atoms with E-state index in [-0.39, 0.29) is 18.3 Å². The van der Waals surface area contributed by atoms with Crippen molar-refractivity contribution in [3.05, 3.63) is 63.9 Å². The Balaban J connectivity index is 1.57. The van der Waals surface area contributed by atoms with Crippen LogP contribution in [0.5, 0.6) is 5.75 Å². The SMILES string of the molecule is O=C(COc1ccc(Cl)cc1Cl)N1CCN=C1SCc1ccccc1F. The normalized spacial score (nSPS) is 13.7. The van der Waals surface area contributed by atoms with E-state index in [0.717, 1.165) is 0 Å². The molecule has 1 amide bonds. The van der Waals surface area contributed by atoms with Gasteiger partial charge in [0.2, 0.25) is 0 Å². The van der Waals surface area contributed by atoms with Crippen LogP contribution < -0.4 is 4.74 Å². The number of amides is 1. The molecular formula is C18H15Cl2FN2O2S.